The molecule has 0 saturated carbocycles. The highest BCUT2D eigenvalue weighted by molar-refractivity contribution is 7.89. The van der Waals surface area contributed by atoms with E-state index in [-0.39, 0.29) is 22.3 Å². The van der Waals surface area contributed by atoms with Gasteiger partial charge in [-0.05, 0) is 37.3 Å². The number of amides is 1. The number of piperidine rings is 1. The number of nitrogens with zero attached hydrogens (tertiary/aromatic N) is 1. The number of carbonyl (C=O) groups excluding carboxylic acids is 1. The Kier molecular flexibility index (Phi) is 5.91. The molecule has 1 saturated heterocycles. The van der Waals surface area contributed by atoms with Gasteiger partial charge in [-0.25, -0.2) is 13.1 Å². The molecular formula is C18H29N3O3S. The highest BCUT2D eigenvalue weighted by Gasteiger charge is 2.33. The third-order valence-corrected chi connectivity index (χ3v) is 6.20. The Balaban J connectivity index is 1.94. The molecule has 1 aromatic carbocycles. The van der Waals surface area contributed by atoms with Gasteiger partial charge in [-0.1, -0.05) is 38.5 Å². The van der Waals surface area contributed by atoms with Gasteiger partial charge in [0.05, 0.1) is 10.9 Å². The zero-order valence-corrected chi connectivity index (χ0v) is 16.3. The lowest BCUT2D eigenvalue weighted by molar-refractivity contribution is -0.136. The Morgan fingerprint density at radius 2 is 1.72 bits per heavy atom. The summed E-state index contributed by atoms with van der Waals surface area (Å²) in [4.78, 5) is 14.5. The van der Waals surface area contributed by atoms with E-state index in [0.29, 0.717) is 25.9 Å². The van der Waals surface area contributed by atoms with Crippen LogP contribution in [-0.2, 0) is 14.8 Å². The Morgan fingerprint density at radius 3 is 2.20 bits per heavy atom. The van der Waals surface area contributed by atoms with E-state index in [1.807, 2.05) is 27.7 Å². The number of benzene rings is 1. The zero-order valence-electron chi connectivity index (χ0n) is 15.5. The van der Waals surface area contributed by atoms with Crippen molar-refractivity contribution in [1.82, 2.24) is 9.62 Å². The van der Waals surface area contributed by atoms with Gasteiger partial charge < -0.3 is 10.6 Å². The molecule has 140 valence electrons. The molecule has 6 nitrogen and oxygen atoms in total. The highest BCUT2D eigenvalue weighted by Crippen LogP contribution is 2.21. The van der Waals surface area contributed by atoms with Gasteiger partial charge in [0.15, 0.2) is 0 Å². The number of nitrogens with one attached hydrogen (secondary N) is 1. The van der Waals surface area contributed by atoms with Crippen molar-refractivity contribution in [3.05, 3.63) is 29.8 Å². The predicted octanol–water partition coefficient (Wildman–Crippen LogP) is 1.64. The summed E-state index contributed by atoms with van der Waals surface area (Å²) in [6.07, 6.45) is 1.18. The topological polar surface area (TPSA) is 92.5 Å². The van der Waals surface area contributed by atoms with Gasteiger partial charge in [0.25, 0.3) is 0 Å². The van der Waals surface area contributed by atoms with Gasteiger partial charge >= 0.3 is 0 Å². The summed E-state index contributed by atoms with van der Waals surface area (Å²) in [6, 6.07) is 6.07. The lowest BCUT2D eigenvalue weighted by atomic mass is 9.86. The van der Waals surface area contributed by atoms with E-state index in [9.17, 15) is 13.2 Å². The fourth-order valence-corrected chi connectivity index (χ4v) is 4.09. The van der Waals surface area contributed by atoms with Crippen molar-refractivity contribution in [2.75, 3.05) is 13.1 Å². The van der Waals surface area contributed by atoms with Crippen molar-refractivity contribution in [3.8, 4) is 0 Å². The Hall–Kier alpha value is -1.44. The molecule has 1 amide bonds. The smallest absolute Gasteiger partial charge is 0.240 e. The van der Waals surface area contributed by atoms with Crippen LogP contribution in [0.1, 0.15) is 39.2 Å². The molecule has 1 aliphatic rings. The molecule has 1 aliphatic heterocycles. The summed E-state index contributed by atoms with van der Waals surface area (Å²) in [7, 11) is -3.53. The molecule has 2 rings (SSSR count). The first-order chi connectivity index (χ1) is 11.5. The molecule has 0 spiro atoms. The SMILES string of the molecule is Cc1ccc(S(=O)(=O)NC2CCN(C(=O)[C@@H](N)C(C)(C)C)CC2)cc1. The molecule has 0 aromatic heterocycles. The van der Waals surface area contributed by atoms with Crippen LogP contribution in [0.25, 0.3) is 0 Å². The summed E-state index contributed by atoms with van der Waals surface area (Å²) in [5, 5.41) is 0. The van der Waals surface area contributed by atoms with Crippen molar-refractivity contribution in [2.24, 2.45) is 11.1 Å². The largest absolute Gasteiger partial charge is 0.341 e. The van der Waals surface area contributed by atoms with Crippen LogP contribution in [0.15, 0.2) is 29.2 Å². The molecule has 0 radical (unpaired) electrons. The highest BCUT2D eigenvalue weighted by atomic mass is 32.2. The molecule has 3 N–H and O–H groups in total. The number of sulfonamides is 1. The molecule has 1 atom stereocenters. The Morgan fingerprint density at radius 1 is 1.20 bits per heavy atom. The summed E-state index contributed by atoms with van der Waals surface area (Å²) in [5.74, 6) is -0.0626. The third-order valence-electron chi connectivity index (χ3n) is 4.66. The minimum atomic E-state index is -3.53. The second kappa shape index (κ2) is 7.43. The van der Waals surface area contributed by atoms with Crippen molar-refractivity contribution in [1.29, 1.82) is 0 Å². The van der Waals surface area contributed by atoms with Crippen LogP contribution in [0.5, 0.6) is 0 Å². The second-order valence-electron chi connectivity index (χ2n) is 7.88. The van der Waals surface area contributed by atoms with Crippen LogP contribution in [0, 0.1) is 12.3 Å². The number of aryl methyl sites for hydroxylation is 1. The van der Waals surface area contributed by atoms with E-state index in [0.717, 1.165) is 5.56 Å². The van der Waals surface area contributed by atoms with E-state index in [1.54, 1.807) is 29.2 Å². The van der Waals surface area contributed by atoms with Crippen molar-refractivity contribution in [2.45, 2.75) is 57.5 Å². The standard InChI is InChI=1S/C18H29N3O3S/c1-13-5-7-15(8-6-13)25(23,24)20-14-9-11-21(12-10-14)17(22)16(19)18(2,3)4/h5-8,14,16,20H,9-12,19H2,1-4H3/t16-/m1/s1. The molecular weight excluding hydrogens is 338 g/mol. The lowest BCUT2D eigenvalue weighted by Gasteiger charge is -2.36. The van der Waals surface area contributed by atoms with Crippen LogP contribution in [0.3, 0.4) is 0 Å². The van der Waals surface area contributed by atoms with E-state index in [2.05, 4.69) is 4.72 Å². The third kappa shape index (κ3) is 5.03. The maximum Gasteiger partial charge on any atom is 0.240 e. The van der Waals surface area contributed by atoms with Crippen LogP contribution in [0.2, 0.25) is 0 Å². The lowest BCUT2D eigenvalue weighted by Crippen LogP contribution is -2.54. The summed E-state index contributed by atoms with van der Waals surface area (Å²) in [5.41, 5.74) is 6.77. The van der Waals surface area contributed by atoms with Gasteiger partial charge in [-0.15, -0.1) is 0 Å². The average Bonchev–Trinajstić information content (AvgIpc) is 2.53. The second-order valence-corrected chi connectivity index (χ2v) is 9.59. The number of nitrogens with two attached hydrogens (primary N) is 1. The number of rotatable bonds is 4. The summed E-state index contributed by atoms with van der Waals surface area (Å²) in [6.45, 7) is 8.78. The van der Waals surface area contributed by atoms with Crippen molar-refractivity contribution >= 4 is 15.9 Å². The van der Waals surface area contributed by atoms with Gasteiger partial charge in [-0.3, -0.25) is 4.79 Å². The molecule has 1 aromatic rings. The minimum Gasteiger partial charge on any atom is -0.341 e. The first-order valence-electron chi connectivity index (χ1n) is 8.64. The quantitative estimate of drug-likeness (QED) is 0.846. The molecule has 0 unspecified atom stereocenters. The maximum atomic E-state index is 12.5. The van der Waals surface area contributed by atoms with E-state index < -0.39 is 16.1 Å². The van der Waals surface area contributed by atoms with Crippen LogP contribution >= 0.6 is 0 Å². The van der Waals surface area contributed by atoms with E-state index in [4.69, 9.17) is 5.73 Å². The monoisotopic (exact) mass is 367 g/mol. The number of carbonyl (C=O) groups is 1. The molecule has 0 aliphatic carbocycles. The van der Waals surface area contributed by atoms with Gasteiger partial charge in [-0.2, -0.15) is 0 Å². The fourth-order valence-electron chi connectivity index (χ4n) is 2.79. The minimum absolute atomic E-state index is 0.0626. The zero-order chi connectivity index (χ0) is 18.8. The number of hydrogen-bond donors (Lipinski definition) is 2. The normalized spacial score (nSPS) is 18.2. The van der Waals surface area contributed by atoms with Crippen LogP contribution in [0.4, 0.5) is 0 Å². The first kappa shape index (κ1) is 19.9. The Bertz CT molecular complexity index is 700. The maximum absolute atomic E-state index is 12.5. The number of hydrogen-bond acceptors (Lipinski definition) is 4. The van der Waals surface area contributed by atoms with E-state index >= 15 is 0 Å². The van der Waals surface area contributed by atoms with Gasteiger partial charge in [0, 0.05) is 19.1 Å². The predicted molar refractivity (Wildman–Crippen MR) is 98.5 cm³/mol. The average molecular weight is 368 g/mol. The van der Waals surface area contributed by atoms with Crippen molar-refractivity contribution < 1.29 is 13.2 Å². The molecule has 1 fully saturated rings. The molecule has 0 bridgehead atoms. The summed E-state index contributed by atoms with van der Waals surface area (Å²) >= 11 is 0. The molecule has 7 heteroatoms. The fraction of sp³-hybridized carbons (Fsp3) is 0.611. The molecule has 25 heavy (non-hydrogen) atoms. The Labute approximate surface area is 150 Å². The van der Waals surface area contributed by atoms with Gasteiger partial charge in [0.2, 0.25) is 15.9 Å². The molecule has 1 heterocycles. The first-order valence-corrected chi connectivity index (χ1v) is 10.1. The van der Waals surface area contributed by atoms with Crippen LogP contribution < -0.4 is 10.5 Å². The summed E-state index contributed by atoms with van der Waals surface area (Å²) < 4.78 is 27.7. The number of likely N-dealkylation sites (tertiary alicyclic amines) is 1. The van der Waals surface area contributed by atoms with Gasteiger partial charge in [0.1, 0.15) is 0 Å². The van der Waals surface area contributed by atoms with E-state index in [1.165, 1.54) is 0 Å². The van der Waals surface area contributed by atoms with Crippen LogP contribution in [-0.4, -0.2) is 44.4 Å². The van der Waals surface area contributed by atoms with Crippen molar-refractivity contribution in [3.63, 3.8) is 0 Å².